The highest BCUT2D eigenvalue weighted by molar-refractivity contribution is 6.00. The quantitative estimate of drug-likeness (QED) is 0.619. The van der Waals surface area contributed by atoms with E-state index in [1.807, 2.05) is 6.07 Å². The van der Waals surface area contributed by atoms with E-state index in [0.717, 1.165) is 11.4 Å². The Balaban J connectivity index is 2.37. The Morgan fingerprint density at radius 3 is 3.00 bits per heavy atom. The van der Waals surface area contributed by atoms with Crippen molar-refractivity contribution >= 4 is 17.3 Å². The molecular formula is C10H13N3O2. The summed E-state index contributed by atoms with van der Waals surface area (Å²) >= 11 is 0. The summed E-state index contributed by atoms with van der Waals surface area (Å²) in [5.41, 5.74) is 7.70. The van der Waals surface area contributed by atoms with E-state index in [9.17, 15) is 4.79 Å². The molecule has 0 radical (unpaired) electrons. The molecule has 5 nitrogen and oxygen atoms in total. The van der Waals surface area contributed by atoms with Crippen molar-refractivity contribution in [3.8, 4) is 0 Å². The molecule has 5 heteroatoms. The minimum absolute atomic E-state index is 0.0224. The van der Waals surface area contributed by atoms with Crippen LogP contribution in [0.15, 0.2) is 18.2 Å². The first-order valence-electron chi connectivity index (χ1n) is 4.70. The van der Waals surface area contributed by atoms with Gasteiger partial charge in [0.2, 0.25) is 0 Å². The zero-order valence-electron chi connectivity index (χ0n) is 8.41. The molecule has 0 bridgehead atoms. The van der Waals surface area contributed by atoms with Crippen LogP contribution in [-0.4, -0.2) is 25.8 Å². The third-order valence-corrected chi connectivity index (χ3v) is 2.35. The average Bonchev–Trinajstić information content (AvgIpc) is 2.70. The maximum Gasteiger partial charge on any atom is 0.340 e. The molecule has 0 aliphatic carbocycles. The van der Waals surface area contributed by atoms with Crippen molar-refractivity contribution in [1.29, 1.82) is 0 Å². The molecule has 0 saturated carbocycles. The van der Waals surface area contributed by atoms with E-state index < -0.39 is 0 Å². The van der Waals surface area contributed by atoms with Gasteiger partial charge in [-0.15, -0.1) is 0 Å². The lowest BCUT2D eigenvalue weighted by Gasteiger charge is -2.08. The molecule has 80 valence electrons. The number of rotatable bonds is 2. The van der Waals surface area contributed by atoms with Gasteiger partial charge in [0.15, 0.2) is 0 Å². The molecule has 0 saturated heterocycles. The molecule has 4 N–H and O–H groups in total. The number of ether oxygens (including phenoxy) is 1. The van der Waals surface area contributed by atoms with Gasteiger partial charge in [-0.25, -0.2) is 4.79 Å². The first-order valence-corrected chi connectivity index (χ1v) is 4.70. The highest BCUT2D eigenvalue weighted by Crippen LogP contribution is 2.32. The molecular weight excluding hydrogens is 194 g/mol. The van der Waals surface area contributed by atoms with E-state index in [4.69, 9.17) is 10.5 Å². The van der Waals surface area contributed by atoms with E-state index in [1.165, 1.54) is 7.11 Å². The predicted octanol–water partition coefficient (Wildman–Crippen LogP) is 0.595. The highest BCUT2D eigenvalue weighted by Gasteiger charge is 2.23. The first-order chi connectivity index (χ1) is 7.26. The van der Waals surface area contributed by atoms with E-state index in [2.05, 4.69) is 10.6 Å². The molecule has 1 aliphatic rings. The van der Waals surface area contributed by atoms with Gasteiger partial charge in [-0.1, -0.05) is 6.07 Å². The van der Waals surface area contributed by atoms with Gasteiger partial charge in [0, 0.05) is 6.54 Å². The molecule has 1 atom stereocenters. The Labute approximate surface area is 87.6 Å². The number of benzene rings is 1. The van der Waals surface area contributed by atoms with Crippen molar-refractivity contribution in [1.82, 2.24) is 0 Å². The summed E-state index contributed by atoms with van der Waals surface area (Å²) < 4.78 is 4.69. The van der Waals surface area contributed by atoms with E-state index in [-0.39, 0.29) is 12.1 Å². The lowest BCUT2D eigenvalue weighted by molar-refractivity contribution is 0.0602. The second-order valence-electron chi connectivity index (χ2n) is 3.30. The van der Waals surface area contributed by atoms with Gasteiger partial charge in [-0.05, 0) is 12.1 Å². The molecule has 1 aromatic rings. The largest absolute Gasteiger partial charge is 0.465 e. The monoisotopic (exact) mass is 207 g/mol. The second kappa shape index (κ2) is 3.78. The van der Waals surface area contributed by atoms with Crippen molar-refractivity contribution in [3.05, 3.63) is 23.8 Å². The summed E-state index contributed by atoms with van der Waals surface area (Å²) in [6, 6.07) is 5.42. The lowest BCUT2D eigenvalue weighted by Crippen LogP contribution is -2.31. The fourth-order valence-electron chi connectivity index (χ4n) is 1.62. The van der Waals surface area contributed by atoms with Crippen molar-refractivity contribution in [2.75, 3.05) is 24.3 Å². The third-order valence-electron chi connectivity index (χ3n) is 2.35. The van der Waals surface area contributed by atoms with E-state index >= 15 is 0 Å². The Bertz CT molecular complexity index is 392. The summed E-state index contributed by atoms with van der Waals surface area (Å²) in [4.78, 5) is 11.4. The Morgan fingerprint density at radius 1 is 1.53 bits per heavy atom. The van der Waals surface area contributed by atoms with E-state index in [0.29, 0.717) is 12.1 Å². The smallest absolute Gasteiger partial charge is 0.340 e. The number of esters is 1. The number of hydrogen-bond donors (Lipinski definition) is 3. The van der Waals surface area contributed by atoms with Gasteiger partial charge >= 0.3 is 5.97 Å². The topological polar surface area (TPSA) is 76.4 Å². The number of methoxy groups -OCH3 is 1. The van der Waals surface area contributed by atoms with Gasteiger partial charge in [0.25, 0.3) is 0 Å². The number of hydrogen-bond acceptors (Lipinski definition) is 5. The highest BCUT2D eigenvalue weighted by atomic mass is 16.5. The molecule has 0 aromatic heterocycles. The standard InChI is InChI=1S/C10H13N3O2/c1-15-10(14)6-3-2-4-7-9(6)13-8(5-11)12-7/h2-4,8,12-13H,5,11H2,1H3. The van der Waals surface area contributed by atoms with Gasteiger partial charge < -0.3 is 21.1 Å². The van der Waals surface area contributed by atoms with Crippen LogP contribution in [0.4, 0.5) is 11.4 Å². The van der Waals surface area contributed by atoms with Crippen LogP contribution in [0.3, 0.4) is 0 Å². The van der Waals surface area contributed by atoms with E-state index in [1.54, 1.807) is 12.1 Å². The molecule has 15 heavy (non-hydrogen) atoms. The summed E-state index contributed by atoms with van der Waals surface area (Å²) in [6.45, 7) is 0.454. The summed E-state index contributed by atoms with van der Waals surface area (Å²) in [5, 5.41) is 6.29. The number of carbonyl (C=O) groups is 1. The fourth-order valence-corrected chi connectivity index (χ4v) is 1.62. The first kappa shape index (κ1) is 9.79. The van der Waals surface area contributed by atoms with Crippen LogP contribution in [0.25, 0.3) is 0 Å². The van der Waals surface area contributed by atoms with Gasteiger partial charge in [-0.3, -0.25) is 0 Å². The summed E-state index contributed by atoms with van der Waals surface area (Å²) in [7, 11) is 1.37. The lowest BCUT2D eigenvalue weighted by atomic mass is 10.1. The zero-order valence-corrected chi connectivity index (χ0v) is 8.41. The van der Waals surface area contributed by atoms with Crippen molar-refractivity contribution in [2.24, 2.45) is 5.73 Å². The molecule has 0 spiro atoms. The molecule has 1 aromatic carbocycles. The van der Waals surface area contributed by atoms with Crippen LogP contribution in [-0.2, 0) is 4.74 Å². The molecule has 2 rings (SSSR count). The van der Waals surface area contributed by atoms with Crippen molar-refractivity contribution < 1.29 is 9.53 Å². The molecule has 1 aliphatic heterocycles. The molecule has 0 fully saturated rings. The van der Waals surface area contributed by atoms with Crippen molar-refractivity contribution in [2.45, 2.75) is 6.17 Å². The minimum atomic E-state index is -0.348. The number of carbonyl (C=O) groups excluding carboxylic acids is 1. The normalized spacial score (nSPS) is 17.6. The second-order valence-corrected chi connectivity index (χ2v) is 3.30. The van der Waals surface area contributed by atoms with Gasteiger partial charge in [-0.2, -0.15) is 0 Å². The average molecular weight is 207 g/mol. The van der Waals surface area contributed by atoms with Crippen LogP contribution in [0.2, 0.25) is 0 Å². The van der Waals surface area contributed by atoms with Crippen molar-refractivity contribution in [3.63, 3.8) is 0 Å². The predicted molar refractivity (Wildman–Crippen MR) is 57.9 cm³/mol. The molecule has 1 unspecified atom stereocenters. The minimum Gasteiger partial charge on any atom is -0.465 e. The number of anilines is 2. The summed E-state index contributed by atoms with van der Waals surface area (Å²) in [5.74, 6) is -0.348. The number of fused-ring (bicyclic) bond motifs is 1. The van der Waals surface area contributed by atoms with Crippen LogP contribution in [0, 0.1) is 0 Å². The fraction of sp³-hybridized carbons (Fsp3) is 0.300. The van der Waals surface area contributed by atoms with Crippen LogP contribution < -0.4 is 16.4 Å². The number of nitrogens with two attached hydrogens (primary N) is 1. The Kier molecular flexibility index (Phi) is 2.47. The molecule has 0 amide bonds. The number of nitrogens with one attached hydrogen (secondary N) is 2. The maximum absolute atomic E-state index is 11.4. The van der Waals surface area contributed by atoms with Gasteiger partial charge in [0.1, 0.15) is 6.17 Å². The van der Waals surface area contributed by atoms with Crippen LogP contribution >= 0.6 is 0 Å². The Morgan fingerprint density at radius 2 is 2.33 bits per heavy atom. The molecule has 1 heterocycles. The number of para-hydroxylation sites is 1. The summed E-state index contributed by atoms with van der Waals surface area (Å²) in [6.07, 6.45) is -0.0224. The zero-order chi connectivity index (χ0) is 10.8. The SMILES string of the molecule is COC(=O)c1cccc2c1NC(CN)N2. The third kappa shape index (κ3) is 1.61. The van der Waals surface area contributed by atoms with Gasteiger partial charge in [0.05, 0.1) is 24.0 Å². The van der Waals surface area contributed by atoms with Crippen LogP contribution in [0.1, 0.15) is 10.4 Å². The van der Waals surface area contributed by atoms with Crippen LogP contribution in [0.5, 0.6) is 0 Å². The maximum atomic E-state index is 11.4. The Hall–Kier alpha value is -1.75.